The van der Waals surface area contributed by atoms with Crippen molar-refractivity contribution in [1.82, 2.24) is 0 Å². The van der Waals surface area contributed by atoms with E-state index in [1.807, 2.05) is 0 Å². The number of nitrogen functional groups attached to an aromatic ring is 1. The molecule has 0 aliphatic heterocycles. The molecule has 1 rings (SSSR count). The largest absolute Gasteiger partial charge is 0.399 e. The highest BCUT2D eigenvalue weighted by Gasteiger charge is 1.97. The number of carbonyl (C=O) groups is 1. The maximum atomic E-state index is 10.6. The molecule has 13 heavy (non-hydrogen) atoms. The van der Waals surface area contributed by atoms with Gasteiger partial charge in [0.15, 0.2) is 0 Å². The smallest absolute Gasteiger partial charge is 0.264 e. The molecule has 0 aromatic heterocycles. The Balaban J connectivity index is 2.92. The van der Waals surface area contributed by atoms with Crippen LogP contribution in [0.2, 0.25) is 0 Å². The maximum Gasteiger partial charge on any atom is 0.264 e. The van der Waals surface area contributed by atoms with Gasteiger partial charge in [0, 0.05) is 5.69 Å². The summed E-state index contributed by atoms with van der Waals surface area (Å²) in [5.74, 6) is -0.628. The number of hydrogen-bond acceptors (Lipinski definition) is 3. The molecule has 1 amide bonds. The molecule has 0 radical (unpaired) electrons. The van der Waals surface area contributed by atoms with Crippen LogP contribution in [0.3, 0.4) is 0 Å². The molecular weight excluding hydrogens is 166 g/mol. The lowest BCUT2D eigenvalue weighted by Gasteiger charge is -1.97. The number of carbonyl (C=O) groups excluding carboxylic acids is 1. The Morgan fingerprint density at radius 3 is 2.15 bits per heavy atom. The van der Waals surface area contributed by atoms with Gasteiger partial charge < -0.3 is 17.2 Å². The van der Waals surface area contributed by atoms with E-state index in [0.29, 0.717) is 5.69 Å². The molecule has 0 heterocycles. The number of primary amides is 1. The fraction of sp³-hybridized carbons (Fsp3) is 0. The van der Waals surface area contributed by atoms with E-state index in [4.69, 9.17) is 17.2 Å². The van der Waals surface area contributed by atoms with E-state index in [1.165, 1.54) is 6.08 Å². The first-order valence-corrected chi connectivity index (χ1v) is 3.72. The van der Waals surface area contributed by atoms with Crippen LogP contribution in [0.15, 0.2) is 30.0 Å². The molecule has 0 spiro atoms. The normalized spacial score (nSPS) is 11.2. The molecule has 6 N–H and O–H groups in total. The van der Waals surface area contributed by atoms with Crippen molar-refractivity contribution in [1.29, 1.82) is 0 Å². The number of nitrogens with two attached hydrogens (primary N) is 3. The molecule has 0 unspecified atom stereocenters. The summed E-state index contributed by atoms with van der Waals surface area (Å²) in [4.78, 5) is 10.6. The Morgan fingerprint density at radius 1 is 1.15 bits per heavy atom. The van der Waals surface area contributed by atoms with Crippen molar-refractivity contribution in [2.45, 2.75) is 0 Å². The van der Waals surface area contributed by atoms with Crippen LogP contribution in [0.4, 0.5) is 5.69 Å². The van der Waals surface area contributed by atoms with E-state index in [-0.39, 0.29) is 5.70 Å². The topological polar surface area (TPSA) is 95.1 Å². The zero-order chi connectivity index (χ0) is 9.84. The summed E-state index contributed by atoms with van der Waals surface area (Å²) < 4.78 is 0. The summed E-state index contributed by atoms with van der Waals surface area (Å²) in [6.45, 7) is 0. The third-order valence-electron chi connectivity index (χ3n) is 1.54. The first-order valence-electron chi connectivity index (χ1n) is 3.72. The molecule has 4 heteroatoms. The zero-order valence-electron chi connectivity index (χ0n) is 7.03. The second-order valence-corrected chi connectivity index (χ2v) is 2.63. The third kappa shape index (κ3) is 2.52. The van der Waals surface area contributed by atoms with Gasteiger partial charge in [-0.1, -0.05) is 12.1 Å². The van der Waals surface area contributed by atoms with Crippen LogP contribution in [-0.4, -0.2) is 5.91 Å². The molecule has 1 aromatic rings. The van der Waals surface area contributed by atoms with E-state index in [2.05, 4.69) is 0 Å². The van der Waals surface area contributed by atoms with Gasteiger partial charge in [-0.25, -0.2) is 0 Å². The predicted octanol–water partition coefficient (Wildman–Crippen LogP) is 0.0537. The molecule has 1 aromatic carbocycles. The van der Waals surface area contributed by atoms with E-state index >= 15 is 0 Å². The number of anilines is 1. The van der Waals surface area contributed by atoms with Gasteiger partial charge in [-0.2, -0.15) is 0 Å². The molecule has 0 aliphatic carbocycles. The Kier molecular flexibility index (Phi) is 2.54. The standard InChI is InChI=1S/C9H11N3O/c10-7-3-1-6(2-4-7)5-8(11)9(12)13/h1-5H,10-11H2,(H2,12,13)/b8-5-. The molecule has 68 valence electrons. The summed E-state index contributed by atoms with van der Waals surface area (Å²) in [6.07, 6.45) is 1.50. The second kappa shape index (κ2) is 3.62. The Bertz CT molecular complexity index is 340. The highest BCUT2D eigenvalue weighted by molar-refractivity contribution is 5.95. The Labute approximate surface area is 76.0 Å². The lowest BCUT2D eigenvalue weighted by atomic mass is 10.2. The summed E-state index contributed by atoms with van der Waals surface area (Å²) in [6, 6.07) is 6.95. The summed E-state index contributed by atoms with van der Waals surface area (Å²) in [5.41, 5.74) is 17.3. The zero-order valence-corrected chi connectivity index (χ0v) is 7.03. The number of benzene rings is 1. The van der Waals surface area contributed by atoms with E-state index in [1.54, 1.807) is 24.3 Å². The van der Waals surface area contributed by atoms with Crippen LogP contribution in [-0.2, 0) is 4.79 Å². The number of rotatable bonds is 2. The molecule has 0 atom stereocenters. The van der Waals surface area contributed by atoms with Gasteiger partial charge in [0.25, 0.3) is 5.91 Å². The SMILES string of the molecule is NC(=O)/C(N)=C/c1ccc(N)cc1. The van der Waals surface area contributed by atoms with Crippen molar-refractivity contribution >= 4 is 17.7 Å². The van der Waals surface area contributed by atoms with Gasteiger partial charge in [-0.15, -0.1) is 0 Å². The van der Waals surface area contributed by atoms with Crippen molar-refractivity contribution in [2.75, 3.05) is 5.73 Å². The first-order chi connectivity index (χ1) is 6.09. The van der Waals surface area contributed by atoms with E-state index in [0.717, 1.165) is 5.56 Å². The van der Waals surface area contributed by atoms with Gasteiger partial charge >= 0.3 is 0 Å². The van der Waals surface area contributed by atoms with Gasteiger partial charge in [-0.05, 0) is 23.8 Å². The maximum absolute atomic E-state index is 10.6. The van der Waals surface area contributed by atoms with Crippen molar-refractivity contribution in [3.05, 3.63) is 35.5 Å². The summed E-state index contributed by atoms with van der Waals surface area (Å²) >= 11 is 0. The van der Waals surface area contributed by atoms with E-state index in [9.17, 15) is 4.79 Å². The van der Waals surface area contributed by atoms with Crippen molar-refractivity contribution in [3.8, 4) is 0 Å². The van der Waals surface area contributed by atoms with Crippen LogP contribution in [0.25, 0.3) is 6.08 Å². The van der Waals surface area contributed by atoms with Crippen molar-refractivity contribution in [3.63, 3.8) is 0 Å². The molecular formula is C9H11N3O. The minimum absolute atomic E-state index is 0.0322. The average Bonchev–Trinajstić information content (AvgIpc) is 2.08. The fourth-order valence-corrected chi connectivity index (χ4v) is 0.843. The molecule has 0 bridgehead atoms. The lowest BCUT2D eigenvalue weighted by molar-refractivity contribution is -0.114. The van der Waals surface area contributed by atoms with Gasteiger partial charge in [-0.3, -0.25) is 4.79 Å². The van der Waals surface area contributed by atoms with Gasteiger partial charge in [0.2, 0.25) is 0 Å². The Morgan fingerprint density at radius 2 is 1.69 bits per heavy atom. The minimum atomic E-state index is -0.628. The molecule has 4 nitrogen and oxygen atoms in total. The molecule has 0 aliphatic rings. The van der Waals surface area contributed by atoms with Crippen LogP contribution in [0.5, 0.6) is 0 Å². The monoisotopic (exact) mass is 177 g/mol. The summed E-state index contributed by atoms with van der Waals surface area (Å²) in [7, 11) is 0. The fourth-order valence-electron chi connectivity index (χ4n) is 0.843. The number of amides is 1. The van der Waals surface area contributed by atoms with Crippen molar-refractivity contribution in [2.24, 2.45) is 11.5 Å². The molecule has 0 saturated heterocycles. The number of hydrogen-bond donors (Lipinski definition) is 3. The van der Waals surface area contributed by atoms with Crippen molar-refractivity contribution < 1.29 is 4.79 Å². The molecule has 0 fully saturated rings. The Hall–Kier alpha value is -1.97. The van der Waals surface area contributed by atoms with Crippen LogP contribution in [0.1, 0.15) is 5.56 Å². The van der Waals surface area contributed by atoms with Gasteiger partial charge in [0.05, 0.1) is 5.70 Å². The quantitative estimate of drug-likeness (QED) is 0.440. The van der Waals surface area contributed by atoms with Crippen LogP contribution >= 0.6 is 0 Å². The van der Waals surface area contributed by atoms with E-state index < -0.39 is 5.91 Å². The minimum Gasteiger partial charge on any atom is -0.399 e. The van der Waals surface area contributed by atoms with Crippen LogP contribution in [0, 0.1) is 0 Å². The first kappa shape index (κ1) is 9.12. The molecule has 0 saturated carbocycles. The third-order valence-corrected chi connectivity index (χ3v) is 1.54. The highest BCUT2D eigenvalue weighted by atomic mass is 16.1. The average molecular weight is 177 g/mol. The predicted molar refractivity (Wildman–Crippen MR) is 52.2 cm³/mol. The highest BCUT2D eigenvalue weighted by Crippen LogP contribution is 2.07. The van der Waals surface area contributed by atoms with Gasteiger partial charge in [0.1, 0.15) is 0 Å². The van der Waals surface area contributed by atoms with Crippen LogP contribution < -0.4 is 17.2 Å². The second-order valence-electron chi connectivity index (χ2n) is 2.63. The summed E-state index contributed by atoms with van der Waals surface area (Å²) in [5, 5.41) is 0. The lowest BCUT2D eigenvalue weighted by Crippen LogP contribution is -2.19.